The molecule has 0 bridgehead atoms. The minimum atomic E-state index is -0.202. The van der Waals surface area contributed by atoms with E-state index < -0.39 is 0 Å². The van der Waals surface area contributed by atoms with E-state index in [9.17, 15) is 0 Å². The molecule has 1 atom stereocenters. The third-order valence-corrected chi connectivity index (χ3v) is 2.81. The molecule has 0 aliphatic carbocycles. The smallest absolute Gasteiger partial charge is 0.123 e. The van der Waals surface area contributed by atoms with E-state index in [1.54, 1.807) is 13.3 Å². The quantitative estimate of drug-likeness (QED) is 0.875. The maximum Gasteiger partial charge on any atom is 0.123 e. The molecular formula is C13H17N3O. The molecule has 90 valence electrons. The summed E-state index contributed by atoms with van der Waals surface area (Å²) in [5, 5.41) is 4.23. The van der Waals surface area contributed by atoms with E-state index in [-0.39, 0.29) is 6.04 Å². The molecule has 0 radical (unpaired) electrons. The first kappa shape index (κ1) is 11.7. The highest BCUT2D eigenvalue weighted by Gasteiger charge is 2.14. The summed E-state index contributed by atoms with van der Waals surface area (Å²) in [4.78, 5) is 0. The van der Waals surface area contributed by atoms with Crippen molar-refractivity contribution in [3.63, 3.8) is 0 Å². The van der Waals surface area contributed by atoms with Gasteiger partial charge in [0.1, 0.15) is 5.75 Å². The van der Waals surface area contributed by atoms with Gasteiger partial charge in [-0.15, -0.1) is 0 Å². The van der Waals surface area contributed by atoms with Crippen molar-refractivity contribution in [3.8, 4) is 5.75 Å². The third-order valence-electron chi connectivity index (χ3n) is 2.81. The van der Waals surface area contributed by atoms with Gasteiger partial charge in [0.15, 0.2) is 0 Å². The van der Waals surface area contributed by atoms with Crippen molar-refractivity contribution in [1.29, 1.82) is 0 Å². The lowest BCUT2D eigenvalue weighted by Crippen LogP contribution is -2.12. The van der Waals surface area contributed by atoms with Gasteiger partial charge >= 0.3 is 0 Å². The molecule has 0 spiro atoms. The highest BCUT2D eigenvalue weighted by atomic mass is 16.5. The van der Waals surface area contributed by atoms with Crippen molar-refractivity contribution in [2.75, 3.05) is 7.11 Å². The first-order valence-electron chi connectivity index (χ1n) is 5.67. The van der Waals surface area contributed by atoms with Crippen LogP contribution in [0.5, 0.6) is 5.75 Å². The third kappa shape index (κ3) is 2.31. The van der Waals surface area contributed by atoms with Crippen molar-refractivity contribution in [2.24, 2.45) is 5.73 Å². The first-order valence-corrected chi connectivity index (χ1v) is 5.67. The molecule has 0 fully saturated rings. The molecule has 1 aromatic carbocycles. The number of nitrogens with zero attached hydrogens (tertiary/aromatic N) is 2. The second kappa shape index (κ2) is 5.01. The van der Waals surface area contributed by atoms with Crippen LogP contribution in [0.1, 0.15) is 24.1 Å². The average molecular weight is 231 g/mol. The molecular weight excluding hydrogens is 214 g/mol. The van der Waals surface area contributed by atoms with Gasteiger partial charge in [0.05, 0.1) is 19.3 Å². The zero-order valence-electron chi connectivity index (χ0n) is 10.1. The molecule has 0 saturated carbocycles. The second-order valence-corrected chi connectivity index (χ2v) is 3.85. The van der Waals surface area contributed by atoms with Crippen LogP contribution in [0.25, 0.3) is 0 Å². The number of para-hydroxylation sites is 1. The summed E-state index contributed by atoms with van der Waals surface area (Å²) in [6.45, 7) is 2.89. The van der Waals surface area contributed by atoms with Gasteiger partial charge in [-0.1, -0.05) is 18.2 Å². The van der Waals surface area contributed by atoms with Crippen LogP contribution in [0, 0.1) is 0 Å². The second-order valence-electron chi connectivity index (χ2n) is 3.85. The first-order chi connectivity index (χ1) is 8.26. The number of methoxy groups -OCH3 is 1. The number of rotatable bonds is 4. The number of ether oxygens (including phenoxy) is 1. The zero-order valence-corrected chi connectivity index (χ0v) is 10.1. The standard InChI is InChI=1S/C13H17N3O/c1-3-16-9-10(8-15-16)13(14)11-6-4-5-7-12(11)17-2/h4-9,13H,3,14H2,1-2H3. The predicted molar refractivity (Wildman–Crippen MR) is 66.9 cm³/mol. The molecule has 1 heterocycles. The van der Waals surface area contributed by atoms with Crippen LogP contribution >= 0.6 is 0 Å². The monoisotopic (exact) mass is 231 g/mol. The molecule has 1 aromatic heterocycles. The Morgan fingerprint density at radius 1 is 1.41 bits per heavy atom. The lowest BCUT2D eigenvalue weighted by molar-refractivity contribution is 0.408. The van der Waals surface area contributed by atoms with Crippen LogP contribution in [-0.2, 0) is 6.54 Å². The lowest BCUT2D eigenvalue weighted by atomic mass is 10.0. The molecule has 0 aliphatic heterocycles. The van der Waals surface area contributed by atoms with Gasteiger partial charge in [0.25, 0.3) is 0 Å². The number of benzene rings is 1. The molecule has 0 amide bonds. The lowest BCUT2D eigenvalue weighted by Gasteiger charge is -2.13. The molecule has 17 heavy (non-hydrogen) atoms. The van der Waals surface area contributed by atoms with E-state index in [1.807, 2.05) is 42.1 Å². The average Bonchev–Trinajstić information content (AvgIpc) is 2.86. The van der Waals surface area contributed by atoms with Crippen LogP contribution in [0.2, 0.25) is 0 Å². The van der Waals surface area contributed by atoms with Gasteiger partial charge in [-0.05, 0) is 13.0 Å². The van der Waals surface area contributed by atoms with Gasteiger partial charge in [-0.3, -0.25) is 4.68 Å². The van der Waals surface area contributed by atoms with Gasteiger partial charge in [0.2, 0.25) is 0 Å². The molecule has 2 rings (SSSR count). The maximum atomic E-state index is 6.23. The fourth-order valence-corrected chi connectivity index (χ4v) is 1.82. The Labute approximate surface area is 101 Å². The maximum absolute atomic E-state index is 6.23. The van der Waals surface area contributed by atoms with E-state index >= 15 is 0 Å². The van der Waals surface area contributed by atoms with E-state index in [1.165, 1.54) is 0 Å². The van der Waals surface area contributed by atoms with Gasteiger partial charge in [0, 0.05) is 23.9 Å². The van der Waals surface area contributed by atoms with Gasteiger partial charge < -0.3 is 10.5 Å². The van der Waals surface area contributed by atoms with Gasteiger partial charge in [-0.25, -0.2) is 0 Å². The van der Waals surface area contributed by atoms with Crippen molar-refractivity contribution in [3.05, 3.63) is 47.8 Å². The van der Waals surface area contributed by atoms with Crippen LogP contribution in [0.15, 0.2) is 36.7 Å². The Morgan fingerprint density at radius 3 is 2.82 bits per heavy atom. The summed E-state index contributed by atoms with van der Waals surface area (Å²) in [5.41, 5.74) is 8.20. The van der Waals surface area contributed by atoms with Crippen LogP contribution in [-0.4, -0.2) is 16.9 Å². The SMILES string of the molecule is CCn1cc(C(N)c2ccccc2OC)cn1. The molecule has 2 aromatic rings. The summed E-state index contributed by atoms with van der Waals surface area (Å²) in [7, 11) is 1.65. The largest absolute Gasteiger partial charge is 0.496 e. The Bertz CT molecular complexity index is 493. The Kier molecular flexibility index (Phi) is 3.44. The van der Waals surface area contributed by atoms with E-state index in [2.05, 4.69) is 5.10 Å². The molecule has 0 saturated heterocycles. The fourth-order valence-electron chi connectivity index (χ4n) is 1.82. The Morgan fingerprint density at radius 2 is 2.18 bits per heavy atom. The Hall–Kier alpha value is -1.81. The number of hydrogen-bond donors (Lipinski definition) is 1. The summed E-state index contributed by atoms with van der Waals surface area (Å²) in [6, 6.07) is 7.59. The van der Waals surface area contributed by atoms with E-state index in [0.29, 0.717) is 0 Å². The molecule has 4 heteroatoms. The van der Waals surface area contributed by atoms with Crippen molar-refractivity contribution < 1.29 is 4.74 Å². The van der Waals surface area contributed by atoms with Crippen molar-refractivity contribution >= 4 is 0 Å². The van der Waals surface area contributed by atoms with Crippen LogP contribution in [0.3, 0.4) is 0 Å². The van der Waals surface area contributed by atoms with Crippen molar-refractivity contribution in [1.82, 2.24) is 9.78 Å². The fraction of sp³-hybridized carbons (Fsp3) is 0.308. The summed E-state index contributed by atoms with van der Waals surface area (Å²) < 4.78 is 7.18. The minimum absolute atomic E-state index is 0.202. The van der Waals surface area contributed by atoms with Crippen LogP contribution in [0.4, 0.5) is 0 Å². The van der Waals surface area contributed by atoms with Crippen LogP contribution < -0.4 is 10.5 Å². The highest BCUT2D eigenvalue weighted by molar-refractivity contribution is 5.40. The van der Waals surface area contributed by atoms with Gasteiger partial charge in [-0.2, -0.15) is 5.10 Å². The zero-order chi connectivity index (χ0) is 12.3. The summed E-state index contributed by atoms with van der Waals surface area (Å²) in [5.74, 6) is 0.809. The van der Waals surface area contributed by atoms with E-state index in [0.717, 1.165) is 23.4 Å². The number of aryl methyl sites for hydroxylation is 1. The molecule has 1 unspecified atom stereocenters. The summed E-state index contributed by atoms with van der Waals surface area (Å²) >= 11 is 0. The predicted octanol–water partition coefficient (Wildman–Crippen LogP) is 1.96. The number of hydrogen-bond acceptors (Lipinski definition) is 3. The normalized spacial score (nSPS) is 12.4. The Balaban J connectivity index is 2.32. The summed E-state index contributed by atoms with van der Waals surface area (Å²) in [6.07, 6.45) is 3.78. The highest BCUT2D eigenvalue weighted by Crippen LogP contribution is 2.27. The van der Waals surface area contributed by atoms with E-state index in [4.69, 9.17) is 10.5 Å². The molecule has 2 N–H and O–H groups in total. The molecule has 4 nitrogen and oxygen atoms in total. The topological polar surface area (TPSA) is 53.1 Å². The molecule has 0 aliphatic rings. The number of aromatic nitrogens is 2. The van der Waals surface area contributed by atoms with Crippen molar-refractivity contribution in [2.45, 2.75) is 19.5 Å². The minimum Gasteiger partial charge on any atom is -0.496 e. The number of nitrogens with two attached hydrogens (primary N) is 1.